The molecule has 1 aromatic carbocycles. The molecule has 2 saturated heterocycles. The van der Waals surface area contributed by atoms with Crippen LogP contribution in [0.5, 0.6) is 5.75 Å². The molecule has 0 radical (unpaired) electrons. The Labute approximate surface area is 194 Å². The van der Waals surface area contributed by atoms with Gasteiger partial charge in [0.1, 0.15) is 5.75 Å². The minimum atomic E-state index is 0.283. The fourth-order valence-corrected chi connectivity index (χ4v) is 4.24. The van der Waals surface area contributed by atoms with Crippen LogP contribution in [0.1, 0.15) is 31.2 Å². The molecule has 0 saturated carbocycles. The molecule has 2 aromatic rings. The van der Waals surface area contributed by atoms with Gasteiger partial charge in [-0.2, -0.15) is 9.67 Å². The lowest BCUT2D eigenvalue weighted by atomic mass is 10.1. The number of rotatable bonds is 8. The summed E-state index contributed by atoms with van der Waals surface area (Å²) < 4.78 is 12.8. The van der Waals surface area contributed by atoms with E-state index in [9.17, 15) is 0 Å². The molecule has 2 aliphatic heterocycles. The number of likely N-dealkylation sites (tertiary alicyclic amines) is 1. The van der Waals surface area contributed by atoms with Crippen molar-refractivity contribution in [2.45, 2.75) is 32.2 Å². The number of hydrogen-bond donors (Lipinski definition) is 2. The summed E-state index contributed by atoms with van der Waals surface area (Å²) in [5, 5.41) is 8.08. The lowest BCUT2D eigenvalue weighted by Gasteiger charge is -2.26. The second kappa shape index (κ2) is 11.4. The molecule has 174 valence electrons. The molecule has 0 atom stereocenters. The van der Waals surface area contributed by atoms with Crippen LogP contribution in [0.4, 0.5) is 11.9 Å². The molecule has 3 N–H and O–H groups in total. The van der Waals surface area contributed by atoms with E-state index < -0.39 is 0 Å². The molecule has 0 aliphatic carbocycles. The van der Waals surface area contributed by atoms with Crippen LogP contribution in [0.15, 0.2) is 24.3 Å². The first-order valence-corrected chi connectivity index (χ1v) is 11.9. The van der Waals surface area contributed by atoms with E-state index in [4.69, 9.17) is 27.4 Å². The highest BCUT2D eigenvalue weighted by Gasteiger charge is 2.18. The summed E-state index contributed by atoms with van der Waals surface area (Å²) in [6.45, 7) is 7.49. The predicted octanol–water partition coefficient (Wildman–Crippen LogP) is 1.87. The third-order valence-corrected chi connectivity index (χ3v) is 6.04. The Kier molecular flexibility index (Phi) is 8.13. The molecule has 0 bridgehead atoms. The summed E-state index contributed by atoms with van der Waals surface area (Å²) in [7, 11) is 0. The number of ether oxygens (including phenoxy) is 2. The van der Waals surface area contributed by atoms with Gasteiger partial charge in [0, 0.05) is 26.2 Å². The van der Waals surface area contributed by atoms with Gasteiger partial charge in [0.15, 0.2) is 5.11 Å². The Morgan fingerprint density at radius 1 is 1.16 bits per heavy atom. The number of nitrogens with zero attached hydrogens (tertiary/aromatic N) is 5. The van der Waals surface area contributed by atoms with Crippen molar-refractivity contribution in [2.24, 2.45) is 0 Å². The van der Waals surface area contributed by atoms with E-state index in [1.165, 1.54) is 42.6 Å². The monoisotopic (exact) mass is 459 g/mol. The largest absolute Gasteiger partial charge is 0.494 e. The summed E-state index contributed by atoms with van der Waals surface area (Å²) in [5.41, 5.74) is 7.32. The van der Waals surface area contributed by atoms with Gasteiger partial charge in [-0.25, -0.2) is 0 Å². The average Bonchev–Trinajstić information content (AvgIpc) is 3.22. The summed E-state index contributed by atoms with van der Waals surface area (Å²) >= 11 is 5.44. The quantitative estimate of drug-likeness (QED) is 0.453. The van der Waals surface area contributed by atoms with Crippen LogP contribution in [0.2, 0.25) is 0 Å². The zero-order valence-corrected chi connectivity index (χ0v) is 19.4. The Morgan fingerprint density at radius 2 is 1.97 bits per heavy atom. The topological polar surface area (TPSA) is 93.7 Å². The zero-order chi connectivity index (χ0) is 22.2. The van der Waals surface area contributed by atoms with Gasteiger partial charge < -0.3 is 25.4 Å². The number of nitrogens with one attached hydrogen (secondary N) is 1. The van der Waals surface area contributed by atoms with Crippen LogP contribution in [-0.2, 0) is 11.3 Å². The maximum atomic E-state index is 6.01. The molecule has 2 aliphatic rings. The summed E-state index contributed by atoms with van der Waals surface area (Å²) in [4.78, 5) is 8.90. The van der Waals surface area contributed by atoms with Gasteiger partial charge in [0.2, 0.25) is 11.9 Å². The first-order valence-electron chi connectivity index (χ1n) is 11.5. The first kappa shape index (κ1) is 22.8. The fourth-order valence-electron chi connectivity index (χ4n) is 4.00. The van der Waals surface area contributed by atoms with Crippen molar-refractivity contribution in [3.63, 3.8) is 0 Å². The number of morpholine rings is 1. The second-order valence-corrected chi connectivity index (χ2v) is 8.59. The molecule has 1 aromatic heterocycles. The Hall–Kier alpha value is -2.43. The molecule has 2 fully saturated rings. The van der Waals surface area contributed by atoms with Crippen LogP contribution in [0.3, 0.4) is 0 Å². The van der Waals surface area contributed by atoms with E-state index in [2.05, 4.69) is 38.5 Å². The molecular weight excluding hydrogens is 426 g/mol. The molecule has 32 heavy (non-hydrogen) atoms. The van der Waals surface area contributed by atoms with Gasteiger partial charge in [-0.05, 0) is 62.3 Å². The third kappa shape index (κ3) is 6.30. The van der Waals surface area contributed by atoms with Crippen molar-refractivity contribution in [1.82, 2.24) is 25.0 Å². The maximum Gasteiger partial charge on any atom is 0.247 e. The molecule has 0 spiro atoms. The van der Waals surface area contributed by atoms with Crippen LogP contribution in [-0.4, -0.2) is 77.3 Å². The van der Waals surface area contributed by atoms with Crippen LogP contribution >= 0.6 is 12.2 Å². The number of nitrogens with two attached hydrogens (primary N) is 1. The summed E-state index contributed by atoms with van der Waals surface area (Å²) in [5.74, 6) is 1.78. The van der Waals surface area contributed by atoms with E-state index >= 15 is 0 Å². The SMILES string of the molecule is Nc1nc(N2CCOCC2)nn1C(=S)NCCCOc1cccc(CN2CCCCC2)c1. The maximum absolute atomic E-state index is 6.01. The van der Waals surface area contributed by atoms with Crippen molar-refractivity contribution in [1.29, 1.82) is 0 Å². The molecule has 10 heteroatoms. The van der Waals surface area contributed by atoms with E-state index in [-0.39, 0.29) is 5.95 Å². The number of piperidine rings is 1. The predicted molar refractivity (Wildman–Crippen MR) is 129 cm³/mol. The highest BCUT2D eigenvalue weighted by Crippen LogP contribution is 2.18. The smallest absolute Gasteiger partial charge is 0.247 e. The summed E-state index contributed by atoms with van der Waals surface area (Å²) in [6, 6.07) is 8.41. The number of aromatic nitrogens is 3. The minimum Gasteiger partial charge on any atom is -0.494 e. The van der Waals surface area contributed by atoms with Gasteiger partial charge in [-0.3, -0.25) is 4.90 Å². The Bertz CT molecular complexity index is 879. The van der Waals surface area contributed by atoms with Gasteiger partial charge in [-0.15, -0.1) is 5.10 Å². The van der Waals surface area contributed by atoms with Crippen molar-refractivity contribution in [3.05, 3.63) is 29.8 Å². The van der Waals surface area contributed by atoms with Crippen molar-refractivity contribution < 1.29 is 9.47 Å². The van der Waals surface area contributed by atoms with E-state index in [1.54, 1.807) is 0 Å². The van der Waals surface area contributed by atoms with E-state index in [1.807, 2.05) is 11.0 Å². The van der Waals surface area contributed by atoms with Gasteiger partial charge in [0.05, 0.1) is 19.8 Å². The van der Waals surface area contributed by atoms with Crippen LogP contribution in [0, 0.1) is 0 Å². The number of hydrogen-bond acceptors (Lipinski definition) is 8. The number of nitrogen functional groups attached to an aromatic ring is 1. The van der Waals surface area contributed by atoms with Crippen LogP contribution < -0.4 is 20.7 Å². The number of benzene rings is 1. The lowest BCUT2D eigenvalue weighted by Crippen LogP contribution is -2.37. The minimum absolute atomic E-state index is 0.283. The Morgan fingerprint density at radius 3 is 2.78 bits per heavy atom. The number of anilines is 2. The first-order chi connectivity index (χ1) is 15.7. The highest BCUT2D eigenvalue weighted by atomic mass is 32.1. The molecular formula is C22H33N7O2S. The van der Waals surface area contributed by atoms with Crippen molar-refractivity contribution in [3.8, 4) is 5.75 Å². The van der Waals surface area contributed by atoms with Crippen molar-refractivity contribution in [2.75, 3.05) is 63.2 Å². The molecule has 9 nitrogen and oxygen atoms in total. The third-order valence-electron chi connectivity index (χ3n) is 5.73. The lowest BCUT2D eigenvalue weighted by molar-refractivity contribution is 0.122. The van der Waals surface area contributed by atoms with Gasteiger partial charge in [-0.1, -0.05) is 18.6 Å². The molecule has 4 rings (SSSR count). The summed E-state index contributed by atoms with van der Waals surface area (Å²) in [6.07, 6.45) is 4.77. The standard InChI is InChI=1S/C22H33N7O2S/c23-20-25-21(28-11-14-30-15-12-28)26-29(20)22(32)24-8-5-13-31-19-7-4-6-18(16-19)17-27-9-2-1-3-10-27/h4,6-7,16H,1-3,5,8-15,17H2,(H,24,32)(H2,23,25,26). The average molecular weight is 460 g/mol. The zero-order valence-electron chi connectivity index (χ0n) is 18.5. The van der Waals surface area contributed by atoms with Crippen LogP contribution in [0.25, 0.3) is 0 Å². The second-order valence-electron chi connectivity index (χ2n) is 8.20. The Balaban J connectivity index is 1.18. The highest BCUT2D eigenvalue weighted by molar-refractivity contribution is 7.80. The van der Waals surface area contributed by atoms with E-state index in [0.717, 1.165) is 31.8 Å². The molecule has 0 amide bonds. The van der Waals surface area contributed by atoms with E-state index in [0.29, 0.717) is 37.4 Å². The fraction of sp³-hybridized carbons (Fsp3) is 0.591. The molecule has 3 heterocycles. The molecule has 0 unspecified atom stereocenters. The van der Waals surface area contributed by atoms with Gasteiger partial charge in [0.25, 0.3) is 0 Å². The van der Waals surface area contributed by atoms with Gasteiger partial charge >= 0.3 is 0 Å². The normalized spacial score (nSPS) is 17.3. The van der Waals surface area contributed by atoms with Crippen molar-refractivity contribution >= 4 is 29.2 Å². The number of thiocarbonyl (C=S) groups is 1.